The summed E-state index contributed by atoms with van der Waals surface area (Å²) in [5.74, 6) is 1.14. The van der Waals surface area contributed by atoms with Gasteiger partial charge in [0.2, 0.25) is 5.91 Å². The van der Waals surface area contributed by atoms with Crippen LogP contribution in [0.25, 0.3) is 11.4 Å². The number of benzene rings is 2. The first-order valence-corrected chi connectivity index (χ1v) is 10.3. The molecule has 1 aliphatic carbocycles. The number of aromatic nitrogens is 3. The third-order valence-electron chi connectivity index (χ3n) is 4.82. The number of fused-ring (bicyclic) bond motifs is 1. The van der Waals surface area contributed by atoms with Crippen LogP contribution in [0.1, 0.15) is 24.5 Å². The molecule has 6 heteroatoms. The molecule has 5 nitrogen and oxygen atoms in total. The number of hydrogen-bond donors (Lipinski definition) is 1. The van der Waals surface area contributed by atoms with E-state index in [0.29, 0.717) is 5.75 Å². The molecule has 1 aromatic heterocycles. The molecule has 1 amide bonds. The Kier molecular flexibility index (Phi) is 5.25. The van der Waals surface area contributed by atoms with Crippen LogP contribution in [0.4, 0.5) is 5.69 Å². The number of carbonyl (C=O) groups excluding carboxylic acids is 1. The summed E-state index contributed by atoms with van der Waals surface area (Å²) in [6.45, 7) is 2.82. The van der Waals surface area contributed by atoms with E-state index in [9.17, 15) is 4.79 Å². The van der Waals surface area contributed by atoms with Crippen molar-refractivity contribution in [2.75, 3.05) is 11.1 Å². The Bertz CT molecular complexity index is 952. The maximum atomic E-state index is 12.5. The monoisotopic (exact) mass is 378 g/mol. The number of rotatable bonds is 6. The Hall–Kier alpha value is -2.60. The second kappa shape index (κ2) is 7.96. The van der Waals surface area contributed by atoms with Crippen LogP contribution in [0, 0.1) is 0 Å². The topological polar surface area (TPSA) is 59.8 Å². The van der Waals surface area contributed by atoms with Crippen LogP contribution in [0.5, 0.6) is 0 Å². The van der Waals surface area contributed by atoms with Crippen LogP contribution >= 0.6 is 11.8 Å². The molecule has 2 aromatic carbocycles. The number of nitrogens with zero attached hydrogens (tertiary/aromatic N) is 3. The van der Waals surface area contributed by atoms with Gasteiger partial charge in [0.1, 0.15) is 0 Å². The average Bonchev–Trinajstić information content (AvgIpc) is 3.34. The molecular formula is C21H22N4OS. The smallest absolute Gasteiger partial charge is 0.234 e. The number of amides is 1. The first-order valence-electron chi connectivity index (χ1n) is 9.28. The summed E-state index contributed by atoms with van der Waals surface area (Å²) in [6, 6.07) is 16.2. The van der Waals surface area contributed by atoms with Crippen molar-refractivity contribution in [1.82, 2.24) is 14.8 Å². The van der Waals surface area contributed by atoms with E-state index in [0.717, 1.165) is 41.6 Å². The molecule has 0 unspecified atom stereocenters. The van der Waals surface area contributed by atoms with Crippen LogP contribution in [0.2, 0.25) is 0 Å². The van der Waals surface area contributed by atoms with Gasteiger partial charge in [-0.1, -0.05) is 54.2 Å². The van der Waals surface area contributed by atoms with Crippen molar-refractivity contribution < 1.29 is 4.79 Å². The summed E-state index contributed by atoms with van der Waals surface area (Å²) in [5, 5.41) is 12.5. The van der Waals surface area contributed by atoms with Crippen LogP contribution in [0.3, 0.4) is 0 Å². The highest BCUT2D eigenvalue weighted by atomic mass is 32.2. The molecule has 0 atom stereocenters. The molecule has 1 N–H and O–H groups in total. The molecule has 0 fully saturated rings. The predicted molar refractivity (Wildman–Crippen MR) is 109 cm³/mol. The molecule has 1 aliphatic rings. The maximum absolute atomic E-state index is 12.5. The van der Waals surface area contributed by atoms with Crippen molar-refractivity contribution in [3.8, 4) is 11.4 Å². The number of thioether (sulfide) groups is 1. The van der Waals surface area contributed by atoms with Crippen LogP contribution in [-0.2, 0) is 24.2 Å². The normalized spacial score (nSPS) is 12.8. The zero-order valence-corrected chi connectivity index (χ0v) is 16.1. The predicted octanol–water partition coefficient (Wildman–Crippen LogP) is 4.18. The molecule has 0 aliphatic heterocycles. The van der Waals surface area contributed by atoms with E-state index < -0.39 is 0 Å². The minimum atomic E-state index is -0.00721. The molecule has 138 valence electrons. The van der Waals surface area contributed by atoms with Crippen molar-refractivity contribution in [3.63, 3.8) is 0 Å². The van der Waals surface area contributed by atoms with Crippen molar-refractivity contribution in [3.05, 3.63) is 59.7 Å². The third-order valence-corrected chi connectivity index (χ3v) is 5.78. The van der Waals surface area contributed by atoms with Gasteiger partial charge < -0.3 is 9.88 Å². The first kappa shape index (κ1) is 17.8. The van der Waals surface area contributed by atoms with Gasteiger partial charge >= 0.3 is 0 Å². The molecule has 4 rings (SSSR count). The third kappa shape index (κ3) is 3.76. The Morgan fingerprint density at radius 2 is 1.96 bits per heavy atom. The highest BCUT2D eigenvalue weighted by Crippen LogP contribution is 2.29. The molecule has 0 radical (unpaired) electrons. The van der Waals surface area contributed by atoms with E-state index in [4.69, 9.17) is 0 Å². The lowest BCUT2D eigenvalue weighted by Crippen LogP contribution is -2.16. The van der Waals surface area contributed by atoms with Gasteiger partial charge in [0.15, 0.2) is 11.0 Å². The molecule has 0 spiro atoms. The molecule has 27 heavy (non-hydrogen) atoms. The lowest BCUT2D eigenvalue weighted by Gasteiger charge is -2.10. The van der Waals surface area contributed by atoms with Crippen molar-refractivity contribution in [2.24, 2.45) is 0 Å². The van der Waals surface area contributed by atoms with Gasteiger partial charge in [0.25, 0.3) is 0 Å². The van der Waals surface area contributed by atoms with Crippen LogP contribution < -0.4 is 5.32 Å². The first-order chi connectivity index (χ1) is 13.3. The van der Waals surface area contributed by atoms with Gasteiger partial charge in [0.05, 0.1) is 5.75 Å². The minimum absolute atomic E-state index is 0.00721. The van der Waals surface area contributed by atoms with Gasteiger partial charge in [-0.05, 0) is 43.4 Å². The Morgan fingerprint density at radius 3 is 2.78 bits per heavy atom. The number of aryl methyl sites for hydroxylation is 1. The van der Waals surface area contributed by atoms with Crippen LogP contribution in [-0.4, -0.2) is 26.4 Å². The summed E-state index contributed by atoms with van der Waals surface area (Å²) in [5.41, 5.74) is 4.64. The lowest BCUT2D eigenvalue weighted by atomic mass is 10.1. The summed E-state index contributed by atoms with van der Waals surface area (Å²) in [6.07, 6.45) is 3.32. The summed E-state index contributed by atoms with van der Waals surface area (Å²) in [4.78, 5) is 12.5. The fourth-order valence-corrected chi connectivity index (χ4v) is 4.34. The number of hydrogen-bond acceptors (Lipinski definition) is 4. The quantitative estimate of drug-likeness (QED) is 0.654. The van der Waals surface area contributed by atoms with Crippen molar-refractivity contribution >= 4 is 23.4 Å². The fraction of sp³-hybridized carbons (Fsp3) is 0.286. The van der Waals surface area contributed by atoms with Crippen molar-refractivity contribution in [2.45, 2.75) is 37.9 Å². The maximum Gasteiger partial charge on any atom is 0.234 e. The van der Waals surface area contributed by atoms with Gasteiger partial charge in [-0.25, -0.2) is 0 Å². The lowest BCUT2D eigenvalue weighted by molar-refractivity contribution is -0.113. The van der Waals surface area contributed by atoms with Crippen LogP contribution in [0.15, 0.2) is 53.7 Å². The largest absolute Gasteiger partial charge is 0.325 e. The van der Waals surface area contributed by atoms with E-state index in [-0.39, 0.29) is 5.91 Å². The molecule has 3 aromatic rings. The van der Waals surface area contributed by atoms with Crippen molar-refractivity contribution in [1.29, 1.82) is 0 Å². The Morgan fingerprint density at radius 1 is 1.11 bits per heavy atom. The van der Waals surface area contributed by atoms with Gasteiger partial charge in [-0.2, -0.15) is 0 Å². The number of carbonyl (C=O) groups is 1. The number of anilines is 1. The summed E-state index contributed by atoms with van der Waals surface area (Å²) < 4.78 is 2.05. The summed E-state index contributed by atoms with van der Waals surface area (Å²) >= 11 is 1.43. The molecule has 0 saturated carbocycles. The van der Waals surface area contributed by atoms with E-state index in [1.807, 2.05) is 47.0 Å². The fourth-order valence-electron chi connectivity index (χ4n) is 3.53. The van der Waals surface area contributed by atoms with Gasteiger partial charge in [0, 0.05) is 17.8 Å². The van der Waals surface area contributed by atoms with E-state index >= 15 is 0 Å². The minimum Gasteiger partial charge on any atom is -0.325 e. The Labute approximate surface area is 163 Å². The second-order valence-electron chi connectivity index (χ2n) is 6.55. The summed E-state index contributed by atoms with van der Waals surface area (Å²) in [7, 11) is 0. The zero-order valence-electron chi connectivity index (χ0n) is 15.3. The Balaban J connectivity index is 1.44. The van der Waals surface area contributed by atoms with E-state index in [2.05, 4.69) is 28.5 Å². The van der Waals surface area contributed by atoms with Gasteiger partial charge in [-0.15, -0.1) is 10.2 Å². The van der Waals surface area contributed by atoms with Gasteiger partial charge in [-0.3, -0.25) is 4.79 Å². The SMILES string of the molecule is CCn1c(SCC(=O)Nc2cccc3c2CCC3)nnc1-c1ccccc1. The molecular weight excluding hydrogens is 356 g/mol. The van der Waals surface area contributed by atoms with E-state index in [1.54, 1.807) is 0 Å². The van der Waals surface area contributed by atoms with E-state index in [1.165, 1.54) is 29.3 Å². The average molecular weight is 379 g/mol. The highest BCUT2D eigenvalue weighted by molar-refractivity contribution is 7.99. The molecule has 0 saturated heterocycles. The number of nitrogens with one attached hydrogen (secondary N) is 1. The molecule has 0 bridgehead atoms. The standard InChI is InChI=1S/C21H22N4OS/c1-2-25-20(16-8-4-3-5-9-16)23-24-21(25)27-14-19(26)22-18-13-7-11-15-10-6-12-17(15)18/h3-5,7-9,11,13H,2,6,10,12,14H2,1H3,(H,22,26). The zero-order chi connectivity index (χ0) is 18.6. The highest BCUT2D eigenvalue weighted by Gasteiger charge is 2.17. The second-order valence-corrected chi connectivity index (χ2v) is 7.49. The molecule has 1 heterocycles.